The van der Waals surface area contributed by atoms with Gasteiger partial charge < -0.3 is 13.9 Å². The van der Waals surface area contributed by atoms with E-state index in [1.165, 1.54) is 6.08 Å². The number of ketones is 1. The maximum atomic E-state index is 13.3. The van der Waals surface area contributed by atoms with E-state index in [1.54, 1.807) is 79.7 Å². The molecule has 0 amide bonds. The summed E-state index contributed by atoms with van der Waals surface area (Å²) in [5, 5.41) is 1.16. The molecule has 0 spiro atoms. The molecule has 0 aliphatic rings. The third kappa shape index (κ3) is 5.69. The molecule has 38 heavy (non-hydrogen) atoms. The number of allylic oxidation sites excluding steroid dienone is 1. The highest BCUT2D eigenvalue weighted by Gasteiger charge is 2.21. The summed E-state index contributed by atoms with van der Waals surface area (Å²) < 4.78 is 17.5. The topological polar surface area (TPSA) is 65.7 Å². The lowest BCUT2D eigenvalue weighted by atomic mass is 10.1. The first-order valence-electron chi connectivity index (χ1n) is 12.0. The molecule has 4 aromatic carbocycles. The van der Waals surface area contributed by atoms with Crippen LogP contribution in [-0.2, 0) is 6.61 Å². The number of ether oxygens (including phenoxy) is 2. The Kier molecular flexibility index (Phi) is 7.38. The quantitative estimate of drug-likeness (QED) is 0.0891. The minimum Gasteiger partial charge on any atom is -0.489 e. The molecule has 0 radical (unpaired) electrons. The smallest absolute Gasteiger partial charge is 0.347 e. The van der Waals surface area contributed by atoms with E-state index in [0.29, 0.717) is 56.5 Å². The number of fused-ring (bicyclic) bond motifs is 1. The number of esters is 1. The van der Waals surface area contributed by atoms with Crippen LogP contribution in [0.3, 0.4) is 0 Å². The summed E-state index contributed by atoms with van der Waals surface area (Å²) in [7, 11) is 0. The maximum absolute atomic E-state index is 13.3. The van der Waals surface area contributed by atoms with Gasteiger partial charge in [0.15, 0.2) is 5.78 Å². The van der Waals surface area contributed by atoms with Crippen LogP contribution in [0.25, 0.3) is 17.0 Å². The molecule has 5 rings (SSSR count). The average Bonchev–Trinajstić information content (AvgIpc) is 3.27. The molecule has 0 bridgehead atoms. The van der Waals surface area contributed by atoms with Crippen LogP contribution in [-0.4, -0.2) is 11.8 Å². The van der Waals surface area contributed by atoms with Crippen molar-refractivity contribution in [1.82, 2.24) is 0 Å². The molecule has 5 aromatic rings. The van der Waals surface area contributed by atoms with Crippen LogP contribution in [0.1, 0.15) is 37.6 Å². The van der Waals surface area contributed by atoms with Crippen molar-refractivity contribution in [2.75, 3.05) is 0 Å². The minimum absolute atomic E-state index is 0.192. The van der Waals surface area contributed by atoms with Crippen molar-refractivity contribution in [2.24, 2.45) is 0 Å². The maximum Gasteiger partial charge on any atom is 0.347 e. The van der Waals surface area contributed by atoms with Gasteiger partial charge in [0.05, 0.1) is 0 Å². The van der Waals surface area contributed by atoms with Crippen LogP contribution >= 0.6 is 11.6 Å². The van der Waals surface area contributed by atoms with Gasteiger partial charge in [-0.15, -0.1) is 0 Å². The van der Waals surface area contributed by atoms with Gasteiger partial charge in [0.25, 0.3) is 0 Å². The van der Waals surface area contributed by atoms with E-state index in [0.717, 1.165) is 5.56 Å². The van der Waals surface area contributed by atoms with Crippen molar-refractivity contribution >= 4 is 40.4 Å². The highest BCUT2D eigenvalue weighted by Crippen LogP contribution is 2.31. The van der Waals surface area contributed by atoms with Crippen LogP contribution in [0.5, 0.6) is 11.5 Å². The molecule has 0 saturated carbocycles. The third-order valence-electron chi connectivity index (χ3n) is 5.95. The summed E-state index contributed by atoms with van der Waals surface area (Å²) >= 11 is 5.91. The Morgan fingerprint density at radius 2 is 1.63 bits per heavy atom. The van der Waals surface area contributed by atoms with E-state index < -0.39 is 5.97 Å². The van der Waals surface area contributed by atoms with Crippen LogP contribution < -0.4 is 9.47 Å². The lowest BCUT2D eigenvalue weighted by Crippen LogP contribution is -2.10. The van der Waals surface area contributed by atoms with Crippen LogP contribution in [0, 0.1) is 6.92 Å². The summed E-state index contributed by atoms with van der Waals surface area (Å²) in [6.45, 7) is 2.12. The predicted octanol–water partition coefficient (Wildman–Crippen LogP) is 8.09. The van der Waals surface area contributed by atoms with Gasteiger partial charge in [-0.05, 0) is 73.2 Å². The van der Waals surface area contributed by atoms with E-state index in [2.05, 4.69) is 0 Å². The molecule has 0 fully saturated rings. The summed E-state index contributed by atoms with van der Waals surface area (Å²) in [4.78, 5) is 25.9. The van der Waals surface area contributed by atoms with Crippen molar-refractivity contribution in [1.29, 1.82) is 0 Å². The van der Waals surface area contributed by atoms with Gasteiger partial charge in [-0.3, -0.25) is 4.79 Å². The Hall–Kier alpha value is -4.61. The monoisotopic (exact) mass is 522 g/mol. The molecule has 1 aromatic heterocycles. The van der Waals surface area contributed by atoms with E-state index in [9.17, 15) is 9.59 Å². The fourth-order valence-electron chi connectivity index (χ4n) is 4.02. The van der Waals surface area contributed by atoms with Crippen molar-refractivity contribution in [3.05, 3.63) is 136 Å². The van der Waals surface area contributed by atoms with E-state index in [1.807, 2.05) is 30.3 Å². The molecule has 0 N–H and O–H groups in total. The lowest BCUT2D eigenvalue weighted by molar-refractivity contribution is 0.0734. The Balaban J connectivity index is 1.36. The molecule has 0 saturated heterocycles. The van der Waals surface area contributed by atoms with Crippen molar-refractivity contribution in [2.45, 2.75) is 13.5 Å². The summed E-state index contributed by atoms with van der Waals surface area (Å²) in [6, 6.07) is 28.8. The molecular formula is C32H23ClO5. The fraction of sp³-hybridized carbons (Fsp3) is 0.0625. The molecule has 0 aliphatic carbocycles. The highest BCUT2D eigenvalue weighted by atomic mass is 35.5. The predicted molar refractivity (Wildman–Crippen MR) is 148 cm³/mol. The number of furan rings is 1. The summed E-state index contributed by atoms with van der Waals surface area (Å²) in [5.74, 6) is 0.619. The number of hydrogen-bond acceptors (Lipinski definition) is 5. The first-order valence-corrected chi connectivity index (χ1v) is 12.3. The summed E-state index contributed by atoms with van der Waals surface area (Å²) in [5.41, 5.74) is 3.01. The van der Waals surface area contributed by atoms with Gasteiger partial charge >= 0.3 is 5.97 Å². The Labute approximate surface area is 224 Å². The highest BCUT2D eigenvalue weighted by molar-refractivity contribution is 6.30. The molecule has 0 unspecified atom stereocenters. The minimum atomic E-state index is -0.564. The number of halogens is 1. The second-order valence-electron chi connectivity index (χ2n) is 8.60. The second kappa shape index (κ2) is 11.2. The van der Waals surface area contributed by atoms with Gasteiger partial charge in [-0.1, -0.05) is 60.1 Å². The first kappa shape index (κ1) is 25.1. The number of aryl methyl sites for hydroxylation is 1. The third-order valence-corrected chi connectivity index (χ3v) is 6.20. The molecule has 6 heteroatoms. The second-order valence-corrected chi connectivity index (χ2v) is 9.03. The molecule has 1 heterocycles. The molecule has 0 aliphatic heterocycles. The van der Waals surface area contributed by atoms with Gasteiger partial charge in [-0.2, -0.15) is 0 Å². The molecule has 188 valence electrons. The Bertz CT molecular complexity index is 1630. The zero-order valence-electron chi connectivity index (χ0n) is 20.5. The van der Waals surface area contributed by atoms with Gasteiger partial charge in [-0.25, -0.2) is 4.79 Å². The summed E-state index contributed by atoms with van der Waals surface area (Å²) in [6.07, 6.45) is 3.06. The average molecular weight is 523 g/mol. The first-order chi connectivity index (χ1) is 18.5. The van der Waals surface area contributed by atoms with Crippen molar-refractivity contribution in [3.63, 3.8) is 0 Å². The number of carbonyl (C=O) groups is 2. The lowest BCUT2D eigenvalue weighted by Gasteiger charge is -2.08. The van der Waals surface area contributed by atoms with E-state index >= 15 is 0 Å². The van der Waals surface area contributed by atoms with Crippen molar-refractivity contribution in [3.8, 4) is 11.5 Å². The molecule has 0 atom stereocenters. The van der Waals surface area contributed by atoms with E-state index in [4.69, 9.17) is 25.5 Å². The molecule has 5 nitrogen and oxygen atoms in total. The number of benzene rings is 4. The molecular weight excluding hydrogens is 500 g/mol. The van der Waals surface area contributed by atoms with Gasteiger partial charge in [0, 0.05) is 21.5 Å². The number of para-hydroxylation sites is 1. The SMILES string of the molecule is Cc1oc2ccc(OCc3ccccc3)cc2c1C(=O)Oc1ccccc1C=CC(=O)c1ccc(Cl)cc1. The van der Waals surface area contributed by atoms with Gasteiger partial charge in [0.2, 0.25) is 0 Å². The largest absolute Gasteiger partial charge is 0.489 e. The standard InChI is InChI=1S/C32H23ClO5/c1-21-31(27-19-26(16-18-30(27)37-21)36-20-22-7-3-2-4-8-22)32(35)38-29-10-6-5-9-24(29)13-17-28(34)23-11-14-25(33)15-12-23/h2-19H,20H2,1H3. The fourth-order valence-corrected chi connectivity index (χ4v) is 4.15. The number of hydrogen-bond donors (Lipinski definition) is 0. The normalized spacial score (nSPS) is 11.1. The van der Waals surface area contributed by atoms with E-state index in [-0.39, 0.29) is 5.78 Å². The van der Waals surface area contributed by atoms with Crippen LogP contribution in [0.15, 0.2) is 108 Å². The Morgan fingerprint density at radius 1 is 0.895 bits per heavy atom. The zero-order chi connectivity index (χ0) is 26.5. The Morgan fingerprint density at radius 3 is 2.42 bits per heavy atom. The number of rotatable bonds is 8. The zero-order valence-corrected chi connectivity index (χ0v) is 21.3. The van der Waals surface area contributed by atoms with Crippen LogP contribution in [0.2, 0.25) is 5.02 Å². The van der Waals surface area contributed by atoms with Crippen LogP contribution in [0.4, 0.5) is 0 Å². The van der Waals surface area contributed by atoms with Crippen molar-refractivity contribution < 1.29 is 23.5 Å². The number of carbonyl (C=O) groups excluding carboxylic acids is 2. The van der Waals surface area contributed by atoms with Gasteiger partial charge in [0.1, 0.15) is 35.0 Å².